The summed E-state index contributed by atoms with van der Waals surface area (Å²) in [5.74, 6) is -0.759. The summed E-state index contributed by atoms with van der Waals surface area (Å²) in [6.07, 6.45) is -0.151. The van der Waals surface area contributed by atoms with Gasteiger partial charge in [-0.3, -0.25) is 24.6 Å². The van der Waals surface area contributed by atoms with Crippen molar-refractivity contribution in [3.8, 4) is 0 Å². The van der Waals surface area contributed by atoms with Crippen molar-refractivity contribution >= 4 is 69.0 Å². The minimum absolute atomic E-state index is 0.0813. The van der Waals surface area contributed by atoms with Gasteiger partial charge in [0.25, 0.3) is 5.69 Å². The molecular weight excluding hydrogens is 451 g/mol. The highest BCUT2D eigenvalue weighted by Gasteiger charge is 2.38. The molecule has 1 unspecified atom stereocenters. The van der Waals surface area contributed by atoms with E-state index in [1.54, 1.807) is 31.2 Å². The molecule has 2 aromatic rings. The van der Waals surface area contributed by atoms with Gasteiger partial charge in [0.1, 0.15) is 10.9 Å². The summed E-state index contributed by atoms with van der Waals surface area (Å²) in [6.45, 7) is 2.18. The third kappa shape index (κ3) is 5.10. The molecule has 0 bridgehead atoms. The second-order valence-electron chi connectivity index (χ2n) is 6.24. The Balaban J connectivity index is 1.76. The lowest BCUT2D eigenvalue weighted by Crippen LogP contribution is -2.33. The van der Waals surface area contributed by atoms with Gasteiger partial charge in [-0.1, -0.05) is 47.1 Å². The van der Waals surface area contributed by atoms with Gasteiger partial charge in [-0.25, -0.2) is 4.99 Å². The highest BCUT2D eigenvalue weighted by atomic mass is 35.5. The molecule has 0 aliphatic carbocycles. The number of thioether (sulfide) groups is 1. The van der Waals surface area contributed by atoms with Crippen molar-refractivity contribution in [3.05, 3.63) is 62.6 Å². The van der Waals surface area contributed by atoms with E-state index in [0.29, 0.717) is 27.4 Å². The van der Waals surface area contributed by atoms with Crippen molar-refractivity contribution in [2.75, 3.05) is 11.9 Å². The first-order valence-electron chi connectivity index (χ1n) is 8.84. The number of amidine groups is 1. The third-order valence-corrected chi connectivity index (χ3v) is 5.77. The molecule has 2 aromatic carbocycles. The van der Waals surface area contributed by atoms with Crippen LogP contribution in [0.1, 0.15) is 13.3 Å². The molecule has 1 aliphatic rings. The van der Waals surface area contributed by atoms with E-state index in [9.17, 15) is 19.7 Å². The lowest BCUT2D eigenvalue weighted by atomic mass is 10.2. The van der Waals surface area contributed by atoms with Crippen LogP contribution in [0.25, 0.3) is 0 Å². The Morgan fingerprint density at radius 1 is 1.27 bits per heavy atom. The van der Waals surface area contributed by atoms with Crippen molar-refractivity contribution in [1.82, 2.24) is 4.90 Å². The molecule has 8 nitrogen and oxygen atoms in total. The van der Waals surface area contributed by atoms with Crippen LogP contribution in [-0.4, -0.2) is 38.6 Å². The number of rotatable bonds is 6. The van der Waals surface area contributed by atoms with Crippen LogP contribution >= 0.6 is 35.0 Å². The Morgan fingerprint density at radius 2 is 1.93 bits per heavy atom. The number of nitrogens with one attached hydrogen (secondary N) is 1. The Hall–Kier alpha value is -2.62. The summed E-state index contributed by atoms with van der Waals surface area (Å²) >= 11 is 13.2. The first kappa shape index (κ1) is 22.1. The molecule has 1 heterocycles. The van der Waals surface area contributed by atoms with Gasteiger partial charge in [0.15, 0.2) is 5.17 Å². The molecule has 1 atom stereocenters. The Bertz CT molecular complexity index is 1030. The van der Waals surface area contributed by atoms with Gasteiger partial charge in [-0.05, 0) is 31.2 Å². The second kappa shape index (κ2) is 9.46. The molecule has 0 radical (unpaired) electrons. The van der Waals surface area contributed by atoms with Crippen LogP contribution in [0.2, 0.25) is 10.0 Å². The van der Waals surface area contributed by atoms with Gasteiger partial charge >= 0.3 is 0 Å². The number of halogens is 2. The lowest BCUT2D eigenvalue weighted by molar-refractivity contribution is -0.383. The maximum absolute atomic E-state index is 12.7. The van der Waals surface area contributed by atoms with Gasteiger partial charge in [-0.15, -0.1) is 0 Å². The van der Waals surface area contributed by atoms with E-state index in [-0.39, 0.29) is 23.7 Å². The summed E-state index contributed by atoms with van der Waals surface area (Å²) in [4.78, 5) is 41.6. The molecular formula is C19H16Cl2N4O4S. The van der Waals surface area contributed by atoms with Gasteiger partial charge in [0.2, 0.25) is 11.8 Å². The Kier molecular flexibility index (Phi) is 6.96. The van der Waals surface area contributed by atoms with Crippen molar-refractivity contribution in [2.45, 2.75) is 18.6 Å². The van der Waals surface area contributed by atoms with E-state index in [0.717, 1.165) is 11.8 Å². The number of nitro groups is 1. The molecule has 0 saturated carbocycles. The van der Waals surface area contributed by atoms with Crippen LogP contribution in [-0.2, 0) is 9.59 Å². The molecule has 156 valence electrons. The largest absolute Gasteiger partial charge is 0.320 e. The molecule has 1 fully saturated rings. The third-order valence-electron chi connectivity index (χ3n) is 4.15. The molecule has 1 saturated heterocycles. The minimum atomic E-state index is -0.693. The van der Waals surface area contributed by atoms with Crippen LogP contribution in [0, 0.1) is 10.1 Å². The fourth-order valence-electron chi connectivity index (χ4n) is 2.84. The van der Waals surface area contributed by atoms with E-state index in [2.05, 4.69) is 10.3 Å². The van der Waals surface area contributed by atoms with Crippen LogP contribution in [0.4, 0.5) is 17.1 Å². The van der Waals surface area contributed by atoms with Crippen LogP contribution in [0.5, 0.6) is 0 Å². The molecule has 0 aromatic heterocycles. The number of hydrogen-bond donors (Lipinski definition) is 1. The Morgan fingerprint density at radius 3 is 2.57 bits per heavy atom. The van der Waals surface area contributed by atoms with Crippen molar-refractivity contribution < 1.29 is 14.5 Å². The van der Waals surface area contributed by atoms with Crippen LogP contribution in [0.15, 0.2) is 47.5 Å². The zero-order valence-electron chi connectivity index (χ0n) is 15.7. The smallest absolute Gasteiger partial charge is 0.292 e. The summed E-state index contributed by atoms with van der Waals surface area (Å²) in [6, 6.07) is 10.6. The molecule has 2 amide bonds. The number of nitrogens with zero attached hydrogens (tertiary/aromatic N) is 3. The molecule has 30 heavy (non-hydrogen) atoms. The summed E-state index contributed by atoms with van der Waals surface area (Å²) in [5.41, 5.74) is 0.357. The highest BCUT2D eigenvalue weighted by molar-refractivity contribution is 8.15. The maximum atomic E-state index is 12.7. The zero-order chi connectivity index (χ0) is 21.8. The number of carbonyl (C=O) groups is 2. The zero-order valence-corrected chi connectivity index (χ0v) is 18.0. The van der Waals surface area contributed by atoms with E-state index in [1.807, 2.05) is 0 Å². The van der Waals surface area contributed by atoms with E-state index >= 15 is 0 Å². The fourth-order valence-corrected chi connectivity index (χ4v) is 4.57. The first-order valence-corrected chi connectivity index (χ1v) is 10.5. The Labute approximate surface area is 186 Å². The molecule has 3 rings (SSSR count). The average molecular weight is 467 g/mol. The van der Waals surface area contributed by atoms with E-state index < -0.39 is 16.1 Å². The number of para-hydroxylation sites is 2. The van der Waals surface area contributed by atoms with Crippen LogP contribution in [0.3, 0.4) is 0 Å². The first-order chi connectivity index (χ1) is 14.3. The maximum Gasteiger partial charge on any atom is 0.292 e. The normalized spacial score (nSPS) is 17.4. The SMILES string of the molecule is CCN1C(=O)C(CC(=O)Nc2ccccc2[N+](=O)[O-])SC1=Nc1cc(Cl)cc(Cl)c1. The van der Waals surface area contributed by atoms with Crippen molar-refractivity contribution in [2.24, 2.45) is 4.99 Å². The van der Waals surface area contributed by atoms with E-state index in [1.165, 1.54) is 23.1 Å². The predicted octanol–water partition coefficient (Wildman–Crippen LogP) is 4.88. The number of aliphatic imine (C=N–C) groups is 1. The summed E-state index contributed by atoms with van der Waals surface area (Å²) < 4.78 is 0. The molecule has 1 aliphatic heterocycles. The summed E-state index contributed by atoms with van der Waals surface area (Å²) in [5, 5.41) is 14.2. The van der Waals surface area contributed by atoms with Crippen LogP contribution < -0.4 is 5.32 Å². The number of nitro benzene ring substituents is 1. The fraction of sp³-hybridized carbons (Fsp3) is 0.211. The number of anilines is 1. The topological polar surface area (TPSA) is 105 Å². The number of hydrogen-bond acceptors (Lipinski definition) is 6. The molecule has 0 spiro atoms. The number of amides is 2. The van der Waals surface area contributed by atoms with Gasteiger partial charge in [-0.2, -0.15) is 0 Å². The summed E-state index contributed by atoms with van der Waals surface area (Å²) in [7, 11) is 0. The number of benzene rings is 2. The van der Waals surface area contributed by atoms with Crippen molar-refractivity contribution in [3.63, 3.8) is 0 Å². The predicted molar refractivity (Wildman–Crippen MR) is 119 cm³/mol. The standard InChI is InChI=1S/C19H16Cl2N4O4S/c1-2-24-18(27)16(30-19(24)22-13-8-11(20)7-12(21)9-13)10-17(26)23-14-5-3-4-6-15(14)25(28)29/h3-9,16H,2,10H2,1H3,(H,23,26). The molecule has 1 N–H and O–H groups in total. The second-order valence-corrected chi connectivity index (χ2v) is 8.28. The van der Waals surface area contributed by atoms with Gasteiger partial charge in [0.05, 0.1) is 10.6 Å². The number of carbonyl (C=O) groups excluding carboxylic acids is 2. The van der Waals surface area contributed by atoms with Gasteiger partial charge in [0, 0.05) is 29.1 Å². The van der Waals surface area contributed by atoms with E-state index in [4.69, 9.17) is 23.2 Å². The highest BCUT2D eigenvalue weighted by Crippen LogP contribution is 2.33. The molecule has 11 heteroatoms. The minimum Gasteiger partial charge on any atom is -0.320 e. The lowest BCUT2D eigenvalue weighted by Gasteiger charge is -2.13. The van der Waals surface area contributed by atoms with Crippen molar-refractivity contribution in [1.29, 1.82) is 0 Å². The quantitative estimate of drug-likeness (QED) is 0.482. The monoisotopic (exact) mass is 466 g/mol. The van der Waals surface area contributed by atoms with Gasteiger partial charge < -0.3 is 5.32 Å². The average Bonchev–Trinajstić information content (AvgIpc) is 2.95.